The summed E-state index contributed by atoms with van der Waals surface area (Å²) in [6.45, 7) is 5.38. The minimum absolute atomic E-state index is 0.0367. The monoisotopic (exact) mass is 345 g/mol. The lowest BCUT2D eigenvalue weighted by atomic mass is 9.88. The Hall–Kier alpha value is -1.91. The maximum absolute atomic E-state index is 12.1. The zero-order valence-electron chi connectivity index (χ0n) is 13.3. The molecule has 0 aliphatic carbocycles. The van der Waals surface area contributed by atoms with Crippen LogP contribution in [0.1, 0.15) is 31.3 Å². The van der Waals surface area contributed by atoms with E-state index in [0.717, 1.165) is 12.3 Å². The van der Waals surface area contributed by atoms with Crippen molar-refractivity contribution >= 4 is 21.8 Å². The van der Waals surface area contributed by atoms with Gasteiger partial charge in [-0.3, -0.25) is 9.59 Å². The Morgan fingerprint density at radius 3 is 2.43 bits per heavy atom. The number of carbonyl (C=O) groups excluding carboxylic acids is 2. The predicted octanol–water partition coefficient (Wildman–Crippen LogP) is -1.12. The number of nitrogens with one attached hydrogen (secondary N) is 3. The highest BCUT2D eigenvalue weighted by atomic mass is 32.2. The summed E-state index contributed by atoms with van der Waals surface area (Å²) in [6.07, 6.45) is 1.12. The van der Waals surface area contributed by atoms with E-state index < -0.39 is 33.9 Å². The molecule has 1 aromatic rings. The molecule has 0 aromatic carbocycles. The van der Waals surface area contributed by atoms with Crippen molar-refractivity contribution in [1.82, 2.24) is 15.0 Å². The number of hydrogen-bond acceptors (Lipinski definition) is 5. The summed E-state index contributed by atoms with van der Waals surface area (Å²) in [7, 11) is -3.93. The Bertz CT molecular complexity index is 682. The van der Waals surface area contributed by atoms with Crippen LogP contribution in [0.2, 0.25) is 0 Å². The van der Waals surface area contributed by atoms with Crippen LogP contribution in [0.15, 0.2) is 17.2 Å². The molecule has 1 rings (SSSR count). The number of rotatable bonds is 8. The van der Waals surface area contributed by atoms with Gasteiger partial charge in [-0.05, 0) is 18.9 Å². The van der Waals surface area contributed by atoms with E-state index in [1.165, 1.54) is 0 Å². The van der Waals surface area contributed by atoms with Crippen LogP contribution in [0.3, 0.4) is 0 Å². The van der Waals surface area contributed by atoms with Crippen LogP contribution in [0, 0.1) is 5.92 Å². The quantitative estimate of drug-likeness (QED) is 0.403. The van der Waals surface area contributed by atoms with Crippen LogP contribution in [-0.4, -0.2) is 43.8 Å². The first-order valence-electron chi connectivity index (χ1n) is 7.01. The Kier molecular flexibility index (Phi) is 5.92. The van der Waals surface area contributed by atoms with E-state index in [2.05, 4.69) is 15.0 Å². The van der Waals surface area contributed by atoms with Gasteiger partial charge in [-0.1, -0.05) is 13.8 Å². The van der Waals surface area contributed by atoms with Gasteiger partial charge >= 0.3 is 0 Å². The molecule has 7 N–H and O–H groups in total. The fourth-order valence-electron chi connectivity index (χ4n) is 1.71. The van der Waals surface area contributed by atoms with E-state index >= 15 is 0 Å². The van der Waals surface area contributed by atoms with E-state index in [1.54, 1.807) is 6.92 Å². The van der Waals surface area contributed by atoms with Crippen molar-refractivity contribution in [2.24, 2.45) is 17.4 Å². The molecule has 0 saturated carbocycles. The van der Waals surface area contributed by atoms with Crippen molar-refractivity contribution in [2.45, 2.75) is 31.2 Å². The number of aromatic amines is 1. The number of nitrogens with two attached hydrogens (primary N) is 2. The molecule has 9 nitrogen and oxygen atoms in total. The second-order valence-electron chi connectivity index (χ2n) is 5.76. The van der Waals surface area contributed by atoms with Crippen LogP contribution in [0.25, 0.3) is 0 Å². The van der Waals surface area contributed by atoms with Crippen LogP contribution in [-0.2, 0) is 14.8 Å². The van der Waals surface area contributed by atoms with Gasteiger partial charge < -0.3 is 21.8 Å². The predicted molar refractivity (Wildman–Crippen MR) is 84.9 cm³/mol. The highest BCUT2D eigenvalue weighted by Crippen LogP contribution is 2.14. The Balaban J connectivity index is 2.72. The normalized spacial score (nSPS) is 14.5. The van der Waals surface area contributed by atoms with Gasteiger partial charge in [0.1, 0.15) is 10.6 Å². The number of aromatic nitrogens is 1. The van der Waals surface area contributed by atoms with Crippen molar-refractivity contribution in [1.29, 1.82) is 0 Å². The van der Waals surface area contributed by atoms with E-state index in [9.17, 15) is 18.0 Å². The lowest BCUT2D eigenvalue weighted by molar-refractivity contribution is -0.122. The number of hydrogen-bond donors (Lipinski definition) is 5. The van der Waals surface area contributed by atoms with Gasteiger partial charge in [0.25, 0.3) is 5.91 Å². The molecule has 23 heavy (non-hydrogen) atoms. The van der Waals surface area contributed by atoms with Crippen molar-refractivity contribution in [3.8, 4) is 0 Å². The number of sulfonamides is 1. The summed E-state index contributed by atoms with van der Waals surface area (Å²) in [5, 5.41) is 2.72. The smallest absolute Gasteiger partial charge is 0.265 e. The highest BCUT2D eigenvalue weighted by molar-refractivity contribution is 7.89. The first-order valence-corrected chi connectivity index (χ1v) is 8.49. The number of amides is 2. The Labute approximate surface area is 135 Å². The van der Waals surface area contributed by atoms with Crippen molar-refractivity contribution in [2.75, 3.05) is 13.1 Å². The van der Waals surface area contributed by atoms with E-state index in [0.29, 0.717) is 0 Å². The van der Waals surface area contributed by atoms with Gasteiger partial charge in [0.2, 0.25) is 15.9 Å². The summed E-state index contributed by atoms with van der Waals surface area (Å²) in [5.41, 5.74) is 10.0. The summed E-state index contributed by atoms with van der Waals surface area (Å²) in [4.78, 5) is 25.2. The van der Waals surface area contributed by atoms with Gasteiger partial charge in [-0.2, -0.15) is 0 Å². The standard InChI is InChI=1S/C13H23N5O4S/c1-8(2)13(3,7-14)18-11(19)6-17-23(21,22)9-4-10(12(15)20)16-5-9/h4-5,8,16-17H,6-7,14H2,1-3H3,(H2,15,20)(H,18,19). The largest absolute Gasteiger partial charge is 0.364 e. The van der Waals surface area contributed by atoms with Crippen LogP contribution in [0.5, 0.6) is 0 Å². The van der Waals surface area contributed by atoms with Crippen LogP contribution >= 0.6 is 0 Å². The number of primary amides is 1. The lowest BCUT2D eigenvalue weighted by Crippen LogP contribution is -2.56. The molecule has 1 heterocycles. The maximum Gasteiger partial charge on any atom is 0.265 e. The van der Waals surface area contributed by atoms with Crippen LogP contribution in [0.4, 0.5) is 0 Å². The van der Waals surface area contributed by atoms with Gasteiger partial charge in [-0.15, -0.1) is 0 Å². The fourth-order valence-corrected chi connectivity index (χ4v) is 2.68. The molecule has 0 radical (unpaired) electrons. The summed E-state index contributed by atoms with van der Waals surface area (Å²) in [5.74, 6) is -1.20. The topological polar surface area (TPSA) is 160 Å². The first kappa shape index (κ1) is 19.1. The molecule has 0 bridgehead atoms. The van der Waals surface area contributed by atoms with Crippen molar-refractivity contribution < 1.29 is 18.0 Å². The zero-order valence-corrected chi connectivity index (χ0v) is 14.2. The molecule has 0 fully saturated rings. The molecule has 10 heteroatoms. The Morgan fingerprint density at radius 2 is 2.00 bits per heavy atom. The molecule has 1 aromatic heterocycles. The van der Waals surface area contributed by atoms with Crippen LogP contribution < -0.4 is 21.5 Å². The highest BCUT2D eigenvalue weighted by Gasteiger charge is 2.29. The summed E-state index contributed by atoms with van der Waals surface area (Å²) >= 11 is 0. The van der Waals surface area contributed by atoms with Gasteiger partial charge in [-0.25, -0.2) is 13.1 Å². The third-order valence-electron chi connectivity index (χ3n) is 3.78. The number of H-pyrrole nitrogens is 1. The van der Waals surface area contributed by atoms with Crippen molar-refractivity contribution in [3.63, 3.8) is 0 Å². The Morgan fingerprint density at radius 1 is 1.39 bits per heavy atom. The molecule has 1 atom stereocenters. The molecule has 0 aliphatic rings. The van der Waals surface area contributed by atoms with Gasteiger partial charge in [0, 0.05) is 12.7 Å². The molecule has 0 aliphatic heterocycles. The average molecular weight is 345 g/mol. The molecular formula is C13H23N5O4S. The molecule has 0 saturated heterocycles. The summed E-state index contributed by atoms with van der Waals surface area (Å²) < 4.78 is 26.3. The van der Waals surface area contributed by atoms with E-state index in [4.69, 9.17) is 11.5 Å². The second kappa shape index (κ2) is 7.11. The average Bonchev–Trinajstić information content (AvgIpc) is 2.95. The molecule has 0 spiro atoms. The minimum Gasteiger partial charge on any atom is -0.364 e. The van der Waals surface area contributed by atoms with Gasteiger partial charge in [0.15, 0.2) is 0 Å². The minimum atomic E-state index is -3.93. The van der Waals surface area contributed by atoms with E-state index in [-0.39, 0.29) is 23.1 Å². The SMILES string of the molecule is CC(C)C(C)(CN)NC(=O)CNS(=O)(=O)c1c[nH]c(C(N)=O)c1. The molecule has 130 valence electrons. The second-order valence-corrected chi connectivity index (χ2v) is 7.53. The zero-order chi connectivity index (χ0) is 17.8. The maximum atomic E-state index is 12.1. The number of carbonyl (C=O) groups is 2. The third-order valence-corrected chi connectivity index (χ3v) is 5.16. The van der Waals surface area contributed by atoms with Gasteiger partial charge in [0.05, 0.1) is 12.1 Å². The van der Waals surface area contributed by atoms with E-state index in [1.807, 2.05) is 13.8 Å². The molecule has 2 amide bonds. The fraction of sp³-hybridized carbons (Fsp3) is 0.538. The molecular weight excluding hydrogens is 322 g/mol. The summed E-state index contributed by atoms with van der Waals surface area (Å²) in [6, 6.07) is 1.10. The lowest BCUT2D eigenvalue weighted by Gasteiger charge is -2.33. The van der Waals surface area contributed by atoms with Crippen molar-refractivity contribution in [3.05, 3.63) is 18.0 Å². The molecule has 1 unspecified atom stereocenters. The third kappa shape index (κ3) is 4.78. The first-order chi connectivity index (χ1) is 10.5.